The van der Waals surface area contributed by atoms with Gasteiger partial charge in [-0.1, -0.05) is 49.1 Å². The number of anilines is 2. The lowest BCUT2D eigenvalue weighted by atomic mass is 10.1. The van der Waals surface area contributed by atoms with E-state index in [1.54, 1.807) is 31.0 Å². The van der Waals surface area contributed by atoms with Gasteiger partial charge in [-0.15, -0.1) is 5.10 Å². The Morgan fingerprint density at radius 3 is 2.26 bits per heavy atom. The number of benzene rings is 2. The molecule has 47 heavy (non-hydrogen) atoms. The molecule has 12 heteroatoms. The van der Waals surface area contributed by atoms with E-state index in [9.17, 15) is 4.39 Å². The van der Waals surface area contributed by atoms with Crippen LogP contribution in [0.25, 0.3) is 11.2 Å². The second-order valence-electron chi connectivity index (χ2n) is 10.4. The van der Waals surface area contributed by atoms with Gasteiger partial charge in [0.05, 0.1) is 36.6 Å². The predicted octanol–water partition coefficient (Wildman–Crippen LogP) is 7.37. The Morgan fingerprint density at radius 1 is 1.04 bits per heavy atom. The van der Waals surface area contributed by atoms with Crippen molar-refractivity contribution in [1.29, 1.82) is 5.26 Å². The third-order valence-electron chi connectivity index (χ3n) is 7.24. The van der Waals surface area contributed by atoms with E-state index < -0.39 is 5.83 Å². The maximum absolute atomic E-state index is 13.5. The molecule has 3 heterocycles. The largest absolute Gasteiger partial charge is 0.497 e. The van der Waals surface area contributed by atoms with E-state index in [0.717, 1.165) is 40.0 Å². The Bertz CT molecular complexity index is 1930. The molecule has 0 spiro atoms. The number of nitrogens with one attached hydrogen (secondary N) is 1. The van der Waals surface area contributed by atoms with E-state index in [2.05, 4.69) is 37.7 Å². The monoisotopic (exact) mass is 694 g/mol. The van der Waals surface area contributed by atoms with Crippen molar-refractivity contribution in [1.82, 2.24) is 24.6 Å². The molecule has 10 nitrogen and oxygen atoms in total. The van der Waals surface area contributed by atoms with Gasteiger partial charge in [-0.05, 0) is 81.5 Å². The summed E-state index contributed by atoms with van der Waals surface area (Å²) in [5.74, 6) is 1.46. The van der Waals surface area contributed by atoms with Crippen molar-refractivity contribution < 1.29 is 13.9 Å². The predicted molar refractivity (Wildman–Crippen MR) is 184 cm³/mol. The molecule has 0 fully saturated rings. The lowest BCUT2D eigenvalue weighted by molar-refractivity contribution is 0.414. The highest BCUT2D eigenvalue weighted by atomic mass is 79.9. The van der Waals surface area contributed by atoms with Gasteiger partial charge in [0.15, 0.2) is 11.5 Å². The van der Waals surface area contributed by atoms with Crippen LogP contribution in [0.3, 0.4) is 0 Å². The zero-order valence-electron chi connectivity index (χ0n) is 26.1. The first kappa shape index (κ1) is 32.8. The number of hydrogen-bond donors (Lipinski definition) is 1. The smallest absolute Gasteiger partial charge is 0.243 e. The van der Waals surface area contributed by atoms with Crippen molar-refractivity contribution in [2.45, 2.75) is 26.6 Å². The average Bonchev–Trinajstić information content (AvgIpc) is 3.53. The summed E-state index contributed by atoms with van der Waals surface area (Å²) >= 11 is 3.68. The number of pyridine rings is 1. The number of ether oxygens (including phenoxy) is 2. The van der Waals surface area contributed by atoms with Crippen molar-refractivity contribution in [2.75, 3.05) is 24.4 Å². The van der Waals surface area contributed by atoms with Crippen LogP contribution in [0.1, 0.15) is 28.1 Å². The minimum atomic E-state index is -0.918. The molecule has 0 unspecified atom stereocenters. The molecule has 0 saturated carbocycles. The van der Waals surface area contributed by atoms with Crippen molar-refractivity contribution >= 4 is 39.0 Å². The summed E-state index contributed by atoms with van der Waals surface area (Å²) in [6.45, 7) is 7.52. The number of halogens is 2. The third-order valence-corrected chi connectivity index (χ3v) is 7.97. The number of nitrogens with zero attached hydrogens (tertiary/aromatic N) is 7. The molecule has 0 aliphatic rings. The van der Waals surface area contributed by atoms with Crippen molar-refractivity contribution in [2.24, 2.45) is 0 Å². The highest BCUT2D eigenvalue weighted by Gasteiger charge is 2.22. The molecule has 0 saturated heterocycles. The first-order chi connectivity index (χ1) is 22.8. The zero-order valence-corrected chi connectivity index (χ0v) is 27.7. The minimum absolute atomic E-state index is 0.380. The summed E-state index contributed by atoms with van der Waals surface area (Å²) in [6, 6.07) is 21.0. The van der Waals surface area contributed by atoms with Gasteiger partial charge in [-0.25, -0.2) is 4.98 Å². The Labute approximate surface area is 280 Å². The summed E-state index contributed by atoms with van der Waals surface area (Å²) in [4.78, 5) is 16.4. The first-order valence-corrected chi connectivity index (χ1v) is 15.3. The lowest BCUT2D eigenvalue weighted by Crippen LogP contribution is -2.26. The molecule has 0 aliphatic heterocycles. The molecule has 0 atom stereocenters. The fourth-order valence-electron chi connectivity index (χ4n) is 4.72. The van der Waals surface area contributed by atoms with Crippen molar-refractivity contribution in [3.05, 3.63) is 130 Å². The van der Waals surface area contributed by atoms with Crippen molar-refractivity contribution in [3.63, 3.8) is 0 Å². The summed E-state index contributed by atoms with van der Waals surface area (Å²) in [6.07, 6.45) is 5.81. The maximum Gasteiger partial charge on any atom is 0.243 e. The van der Waals surface area contributed by atoms with Gasteiger partial charge in [-0.3, -0.25) is 4.98 Å². The van der Waals surface area contributed by atoms with E-state index in [4.69, 9.17) is 29.8 Å². The van der Waals surface area contributed by atoms with Crippen LogP contribution < -0.4 is 19.7 Å². The number of hydrogen-bond acceptors (Lipinski definition) is 9. The number of allylic oxidation sites excluding steroid dienone is 5. The summed E-state index contributed by atoms with van der Waals surface area (Å²) in [7, 11) is 3.26. The van der Waals surface area contributed by atoms with Crippen LogP contribution in [0.2, 0.25) is 0 Å². The van der Waals surface area contributed by atoms with Crippen LogP contribution in [-0.2, 0) is 19.6 Å². The van der Waals surface area contributed by atoms with Gasteiger partial charge in [-0.2, -0.15) is 19.2 Å². The average molecular weight is 696 g/mol. The molecular weight excluding hydrogens is 663 g/mol. The Kier molecular flexibility index (Phi) is 10.6. The van der Waals surface area contributed by atoms with Gasteiger partial charge < -0.3 is 19.7 Å². The molecule has 1 N–H and O–H groups in total. The van der Waals surface area contributed by atoms with Gasteiger partial charge in [0.1, 0.15) is 17.6 Å². The highest BCUT2D eigenvalue weighted by molar-refractivity contribution is 9.10. The number of methoxy groups -OCH3 is 2. The van der Waals surface area contributed by atoms with Crippen LogP contribution in [0.15, 0.2) is 102 Å². The molecule has 0 aliphatic carbocycles. The Hall–Kier alpha value is -5.54. The molecule has 0 bridgehead atoms. The van der Waals surface area contributed by atoms with E-state index >= 15 is 0 Å². The SMILES string of the molecule is C=C(/C=C\C=C(/F)C#N)c1nc(N(Cc2ccc(OC)cc2)Cc2ccc(OC)cc2)n2nc(NCc3ncccc3C)nc2c1Br. The van der Waals surface area contributed by atoms with Crippen LogP contribution in [0, 0.1) is 18.3 Å². The van der Waals surface area contributed by atoms with E-state index in [1.165, 1.54) is 12.1 Å². The number of fused-ring (bicyclic) bond motifs is 1. The second kappa shape index (κ2) is 15.2. The number of aryl methyl sites for hydroxylation is 1. The fraction of sp³-hybridized carbons (Fsp3) is 0.171. The molecule has 3 aromatic heterocycles. The first-order valence-electron chi connectivity index (χ1n) is 14.5. The maximum atomic E-state index is 13.5. The molecule has 0 amide bonds. The fourth-order valence-corrected chi connectivity index (χ4v) is 5.32. The van der Waals surface area contributed by atoms with E-state index in [1.807, 2.05) is 67.6 Å². The summed E-state index contributed by atoms with van der Waals surface area (Å²) in [5, 5.41) is 16.9. The highest BCUT2D eigenvalue weighted by Crippen LogP contribution is 2.32. The quantitative estimate of drug-likeness (QED) is 0.0997. The van der Waals surface area contributed by atoms with Gasteiger partial charge >= 0.3 is 0 Å². The normalized spacial score (nSPS) is 11.4. The zero-order chi connectivity index (χ0) is 33.3. The summed E-state index contributed by atoms with van der Waals surface area (Å²) in [5.41, 5.74) is 5.39. The van der Waals surface area contributed by atoms with Crippen LogP contribution in [-0.4, -0.2) is 38.8 Å². The van der Waals surface area contributed by atoms with Crippen LogP contribution in [0.5, 0.6) is 11.5 Å². The molecule has 2 aromatic carbocycles. The topological polar surface area (TPSA) is 113 Å². The van der Waals surface area contributed by atoms with Gasteiger partial charge in [0.2, 0.25) is 11.9 Å². The minimum Gasteiger partial charge on any atom is -0.497 e. The second-order valence-corrected chi connectivity index (χ2v) is 11.2. The standard InChI is InChI=1S/C35H32BrFN8O2/c1-23-8-6-18-39-30(23)20-40-34-42-33-31(36)32(24(2)7-5-9-27(37)19-38)41-35(45(33)43-34)44(21-25-10-14-28(46-3)15-11-25)22-26-12-16-29(47-4)17-13-26/h5-18H,2,20-22H2,1,3-4H3,(H,40,43)/b7-5-,27-9-. The van der Waals surface area contributed by atoms with Crippen molar-refractivity contribution in [3.8, 4) is 17.6 Å². The van der Waals surface area contributed by atoms with Crippen LogP contribution >= 0.6 is 15.9 Å². The van der Waals surface area contributed by atoms with Crippen LogP contribution in [0.4, 0.5) is 16.3 Å². The summed E-state index contributed by atoms with van der Waals surface area (Å²) < 4.78 is 26.5. The molecule has 5 aromatic rings. The lowest BCUT2D eigenvalue weighted by Gasteiger charge is -2.25. The van der Waals surface area contributed by atoms with E-state index in [0.29, 0.717) is 52.9 Å². The number of aromatic nitrogens is 5. The third kappa shape index (κ3) is 8.01. The van der Waals surface area contributed by atoms with Gasteiger partial charge in [0, 0.05) is 19.3 Å². The Balaban J connectivity index is 1.62. The number of nitriles is 1. The molecule has 0 radical (unpaired) electrons. The van der Waals surface area contributed by atoms with Gasteiger partial charge in [0.25, 0.3) is 0 Å². The number of rotatable bonds is 13. The Morgan fingerprint density at radius 2 is 1.68 bits per heavy atom. The molecule has 238 valence electrons. The van der Waals surface area contributed by atoms with E-state index in [-0.39, 0.29) is 0 Å². The molecular formula is C35H32BrFN8O2. The molecule has 5 rings (SSSR count).